The minimum Gasteiger partial charge on any atom is -0.480 e. The Morgan fingerprint density at radius 2 is 2.20 bits per heavy atom. The number of benzene rings is 1. The van der Waals surface area contributed by atoms with Crippen molar-refractivity contribution in [2.24, 2.45) is 0 Å². The molecule has 2 aliphatic heterocycles. The quantitative estimate of drug-likeness (QED) is 0.902. The second-order valence-electron chi connectivity index (χ2n) is 5.33. The van der Waals surface area contributed by atoms with Crippen molar-refractivity contribution in [3.63, 3.8) is 0 Å². The number of hydrogen-bond acceptors (Lipinski definition) is 3. The van der Waals surface area contributed by atoms with Crippen LogP contribution in [0.25, 0.3) is 0 Å². The third-order valence-corrected chi connectivity index (χ3v) is 4.06. The Labute approximate surface area is 125 Å². The molecule has 0 saturated carbocycles. The molecule has 1 fully saturated rings. The summed E-state index contributed by atoms with van der Waals surface area (Å²) in [7, 11) is 1.96. The summed E-state index contributed by atoms with van der Waals surface area (Å²) in [5.41, 5.74) is 1.14. The van der Waals surface area contributed by atoms with Crippen LogP contribution < -0.4 is 10.1 Å². The van der Waals surface area contributed by atoms with Crippen LogP contribution in [0.1, 0.15) is 18.4 Å². The summed E-state index contributed by atoms with van der Waals surface area (Å²) in [5.74, 6) is 0.999. The van der Waals surface area contributed by atoms with Gasteiger partial charge in [-0.1, -0.05) is 18.2 Å². The normalized spacial score (nSPS) is 24.6. The molecule has 1 saturated heterocycles. The zero-order chi connectivity index (χ0) is 13.2. The predicted molar refractivity (Wildman–Crippen MR) is 80.5 cm³/mol. The standard InChI is InChI=1S/C15H20N2O2.ClH/c1-16-12-6-4-8-17(10-12)15(18)14-9-11-5-2-3-7-13(11)19-14;/h2-3,5,7,12,14,16H,4,6,8-10H2,1H3;1H. The molecule has 20 heavy (non-hydrogen) atoms. The molecule has 2 heterocycles. The van der Waals surface area contributed by atoms with Crippen LogP contribution in [0.4, 0.5) is 0 Å². The highest BCUT2D eigenvalue weighted by molar-refractivity contribution is 5.85. The van der Waals surface area contributed by atoms with Crippen molar-refractivity contribution >= 4 is 18.3 Å². The van der Waals surface area contributed by atoms with E-state index in [1.54, 1.807) is 0 Å². The molecule has 5 heteroatoms. The molecule has 2 aliphatic rings. The summed E-state index contributed by atoms with van der Waals surface area (Å²) in [5, 5.41) is 3.26. The van der Waals surface area contributed by atoms with Crippen molar-refractivity contribution in [3.05, 3.63) is 29.8 Å². The van der Waals surface area contributed by atoms with Crippen LogP contribution in [0.15, 0.2) is 24.3 Å². The zero-order valence-corrected chi connectivity index (χ0v) is 12.5. The first kappa shape index (κ1) is 15.1. The lowest BCUT2D eigenvalue weighted by molar-refractivity contribution is -0.139. The van der Waals surface area contributed by atoms with Gasteiger partial charge in [0.2, 0.25) is 0 Å². The van der Waals surface area contributed by atoms with Gasteiger partial charge in [0, 0.05) is 25.6 Å². The van der Waals surface area contributed by atoms with Gasteiger partial charge in [-0.15, -0.1) is 12.4 Å². The molecule has 0 bridgehead atoms. The van der Waals surface area contributed by atoms with E-state index in [2.05, 4.69) is 5.32 Å². The molecule has 0 aromatic heterocycles. The van der Waals surface area contributed by atoms with Crippen LogP contribution in [0.2, 0.25) is 0 Å². The van der Waals surface area contributed by atoms with Crippen LogP contribution in [-0.2, 0) is 11.2 Å². The number of piperidine rings is 1. The summed E-state index contributed by atoms with van der Waals surface area (Å²) < 4.78 is 5.78. The molecule has 1 N–H and O–H groups in total. The number of halogens is 1. The average Bonchev–Trinajstić information content (AvgIpc) is 2.90. The fourth-order valence-corrected chi connectivity index (χ4v) is 2.94. The minimum absolute atomic E-state index is 0. The van der Waals surface area contributed by atoms with Gasteiger partial charge in [0.1, 0.15) is 5.75 Å². The molecule has 3 rings (SSSR count). The van der Waals surface area contributed by atoms with E-state index in [-0.39, 0.29) is 24.4 Å². The van der Waals surface area contributed by atoms with Gasteiger partial charge in [-0.05, 0) is 31.5 Å². The smallest absolute Gasteiger partial charge is 0.264 e. The Morgan fingerprint density at radius 3 is 2.95 bits per heavy atom. The number of nitrogens with zero attached hydrogens (tertiary/aromatic N) is 1. The van der Waals surface area contributed by atoms with Crippen LogP contribution in [0.5, 0.6) is 5.75 Å². The maximum Gasteiger partial charge on any atom is 0.264 e. The van der Waals surface area contributed by atoms with E-state index < -0.39 is 0 Å². The molecular formula is C15H21ClN2O2. The molecule has 1 aromatic carbocycles. The molecule has 1 aromatic rings. The number of nitrogens with one attached hydrogen (secondary N) is 1. The van der Waals surface area contributed by atoms with Crippen LogP contribution in [0, 0.1) is 0 Å². The summed E-state index contributed by atoms with van der Waals surface area (Å²) in [6, 6.07) is 8.34. The van der Waals surface area contributed by atoms with Crippen molar-refractivity contribution in [1.29, 1.82) is 0 Å². The highest BCUT2D eigenvalue weighted by Gasteiger charge is 2.33. The first-order valence-corrected chi connectivity index (χ1v) is 6.98. The highest BCUT2D eigenvalue weighted by Crippen LogP contribution is 2.29. The van der Waals surface area contributed by atoms with Crippen molar-refractivity contribution in [2.75, 3.05) is 20.1 Å². The topological polar surface area (TPSA) is 41.6 Å². The van der Waals surface area contributed by atoms with Gasteiger partial charge in [-0.2, -0.15) is 0 Å². The number of carbonyl (C=O) groups excluding carboxylic acids is 1. The van der Waals surface area contributed by atoms with Crippen molar-refractivity contribution in [3.8, 4) is 5.75 Å². The number of para-hydroxylation sites is 1. The molecular weight excluding hydrogens is 276 g/mol. The maximum atomic E-state index is 12.5. The van der Waals surface area contributed by atoms with Gasteiger partial charge in [0.25, 0.3) is 5.91 Å². The Kier molecular flexibility index (Phi) is 4.89. The lowest BCUT2D eigenvalue weighted by Gasteiger charge is -2.33. The van der Waals surface area contributed by atoms with E-state index in [1.165, 1.54) is 0 Å². The Hall–Kier alpha value is -1.26. The van der Waals surface area contributed by atoms with E-state index in [4.69, 9.17) is 4.74 Å². The zero-order valence-electron chi connectivity index (χ0n) is 11.7. The molecule has 0 spiro atoms. The fourth-order valence-electron chi connectivity index (χ4n) is 2.94. The van der Waals surface area contributed by atoms with Gasteiger partial charge in [-0.25, -0.2) is 0 Å². The Bertz CT molecular complexity index is 456. The highest BCUT2D eigenvalue weighted by atomic mass is 35.5. The number of hydrogen-bond donors (Lipinski definition) is 1. The summed E-state index contributed by atoms with van der Waals surface area (Å²) in [6.45, 7) is 1.65. The summed E-state index contributed by atoms with van der Waals surface area (Å²) >= 11 is 0. The third kappa shape index (κ3) is 2.91. The van der Waals surface area contributed by atoms with E-state index >= 15 is 0 Å². The second-order valence-corrected chi connectivity index (χ2v) is 5.33. The fraction of sp³-hybridized carbons (Fsp3) is 0.533. The molecule has 0 radical (unpaired) electrons. The first-order chi connectivity index (χ1) is 9.28. The Morgan fingerprint density at radius 1 is 1.40 bits per heavy atom. The lowest BCUT2D eigenvalue weighted by Crippen LogP contribution is -2.50. The lowest BCUT2D eigenvalue weighted by atomic mass is 10.0. The number of rotatable bonds is 2. The molecule has 2 atom stereocenters. The van der Waals surface area contributed by atoms with E-state index in [0.29, 0.717) is 12.5 Å². The van der Waals surface area contributed by atoms with Crippen LogP contribution >= 0.6 is 12.4 Å². The average molecular weight is 297 g/mol. The van der Waals surface area contributed by atoms with Crippen molar-refractivity contribution < 1.29 is 9.53 Å². The SMILES string of the molecule is CNC1CCCN(C(=O)C2Cc3ccccc3O2)C1.Cl. The second kappa shape index (κ2) is 6.46. The summed E-state index contributed by atoms with van der Waals surface area (Å²) in [6.07, 6.45) is 2.59. The van der Waals surface area contributed by atoms with E-state index in [9.17, 15) is 4.79 Å². The molecule has 2 unspecified atom stereocenters. The largest absolute Gasteiger partial charge is 0.480 e. The van der Waals surface area contributed by atoms with Crippen LogP contribution in [-0.4, -0.2) is 43.1 Å². The van der Waals surface area contributed by atoms with E-state index in [0.717, 1.165) is 37.2 Å². The maximum absolute atomic E-state index is 12.5. The summed E-state index contributed by atoms with van der Waals surface area (Å²) in [4.78, 5) is 14.4. The van der Waals surface area contributed by atoms with Crippen molar-refractivity contribution in [1.82, 2.24) is 10.2 Å². The Balaban J connectivity index is 0.00000147. The monoisotopic (exact) mass is 296 g/mol. The minimum atomic E-state index is -0.326. The third-order valence-electron chi connectivity index (χ3n) is 4.06. The first-order valence-electron chi connectivity index (χ1n) is 6.98. The molecule has 0 aliphatic carbocycles. The van der Waals surface area contributed by atoms with Gasteiger partial charge < -0.3 is 15.0 Å². The number of amides is 1. The number of likely N-dealkylation sites (tertiary alicyclic amines) is 1. The molecule has 4 nitrogen and oxygen atoms in total. The number of likely N-dealkylation sites (N-methyl/N-ethyl adjacent to an activating group) is 1. The van der Waals surface area contributed by atoms with Gasteiger partial charge in [-0.3, -0.25) is 4.79 Å². The van der Waals surface area contributed by atoms with Crippen molar-refractivity contribution in [2.45, 2.75) is 31.4 Å². The number of ether oxygens (including phenoxy) is 1. The van der Waals surface area contributed by atoms with Crippen LogP contribution in [0.3, 0.4) is 0 Å². The molecule has 1 amide bonds. The predicted octanol–water partition coefficient (Wildman–Crippen LogP) is 1.62. The van der Waals surface area contributed by atoms with Gasteiger partial charge >= 0.3 is 0 Å². The van der Waals surface area contributed by atoms with E-state index in [1.807, 2.05) is 36.2 Å². The van der Waals surface area contributed by atoms with Gasteiger partial charge in [0.15, 0.2) is 6.10 Å². The number of fused-ring (bicyclic) bond motifs is 1. The van der Waals surface area contributed by atoms with Gasteiger partial charge in [0.05, 0.1) is 0 Å². The number of carbonyl (C=O) groups is 1. The molecule has 110 valence electrons.